The molecule has 3 nitrogen and oxygen atoms in total. The van der Waals surface area contributed by atoms with E-state index in [1.807, 2.05) is 25.2 Å². The number of carbonyl (C=O) groups is 1. The average Bonchev–Trinajstić information content (AvgIpc) is 2.40. The largest absolute Gasteiger partial charge is 0.326 e. The van der Waals surface area contributed by atoms with Crippen LogP contribution < -0.4 is 10.6 Å². The van der Waals surface area contributed by atoms with Gasteiger partial charge < -0.3 is 10.6 Å². The van der Waals surface area contributed by atoms with Crippen molar-refractivity contribution < 1.29 is 4.79 Å². The molecule has 0 spiro atoms. The van der Waals surface area contributed by atoms with Crippen LogP contribution in [-0.2, 0) is 11.3 Å². The zero-order valence-electron chi connectivity index (χ0n) is 10.8. The number of nitrogens with one attached hydrogen (secondary N) is 2. The van der Waals surface area contributed by atoms with E-state index in [0.29, 0.717) is 0 Å². The van der Waals surface area contributed by atoms with E-state index in [4.69, 9.17) is 0 Å². The van der Waals surface area contributed by atoms with Crippen LogP contribution in [0.4, 0.5) is 5.69 Å². The van der Waals surface area contributed by atoms with Gasteiger partial charge in [-0.05, 0) is 44.0 Å². The minimum absolute atomic E-state index is 0.128. The molecule has 3 heteroatoms. The maximum absolute atomic E-state index is 12.1. The van der Waals surface area contributed by atoms with Gasteiger partial charge in [0.05, 0.1) is 0 Å². The lowest BCUT2D eigenvalue weighted by molar-refractivity contribution is -0.120. The van der Waals surface area contributed by atoms with Crippen molar-refractivity contribution in [3.05, 3.63) is 42.0 Å². The quantitative estimate of drug-likeness (QED) is 0.800. The summed E-state index contributed by atoms with van der Waals surface area (Å²) < 4.78 is 0. The van der Waals surface area contributed by atoms with Gasteiger partial charge >= 0.3 is 0 Å². The molecule has 0 heterocycles. The van der Waals surface area contributed by atoms with E-state index in [1.54, 1.807) is 0 Å². The van der Waals surface area contributed by atoms with Crippen molar-refractivity contribution in [2.75, 3.05) is 12.4 Å². The molecule has 1 aliphatic rings. The van der Waals surface area contributed by atoms with Gasteiger partial charge in [0, 0.05) is 18.2 Å². The van der Waals surface area contributed by atoms with E-state index in [9.17, 15) is 4.79 Å². The molecule has 0 fully saturated rings. The third-order valence-electron chi connectivity index (χ3n) is 3.22. The van der Waals surface area contributed by atoms with Crippen molar-refractivity contribution in [3.8, 4) is 0 Å². The van der Waals surface area contributed by atoms with Crippen molar-refractivity contribution in [2.24, 2.45) is 5.92 Å². The molecule has 0 saturated carbocycles. The van der Waals surface area contributed by atoms with Gasteiger partial charge in [-0.3, -0.25) is 4.79 Å². The van der Waals surface area contributed by atoms with Crippen molar-refractivity contribution >= 4 is 11.6 Å². The molecule has 1 atom stereocenters. The monoisotopic (exact) mass is 244 g/mol. The van der Waals surface area contributed by atoms with Crippen LogP contribution in [0.25, 0.3) is 0 Å². The molecule has 2 rings (SSSR count). The van der Waals surface area contributed by atoms with Crippen LogP contribution >= 0.6 is 0 Å². The molecule has 0 bridgehead atoms. The summed E-state index contributed by atoms with van der Waals surface area (Å²) in [7, 11) is 1.92. The predicted octanol–water partition coefficient (Wildman–Crippen LogP) is 2.70. The van der Waals surface area contributed by atoms with Crippen LogP contribution in [0.5, 0.6) is 0 Å². The Balaban J connectivity index is 1.97. The highest BCUT2D eigenvalue weighted by Gasteiger charge is 2.18. The number of amides is 1. The first-order valence-electron chi connectivity index (χ1n) is 6.49. The number of rotatable bonds is 4. The fourth-order valence-electron chi connectivity index (χ4n) is 2.24. The second-order valence-electron chi connectivity index (χ2n) is 4.70. The minimum Gasteiger partial charge on any atom is -0.326 e. The molecule has 0 aliphatic heterocycles. The van der Waals surface area contributed by atoms with Gasteiger partial charge in [0.1, 0.15) is 0 Å². The van der Waals surface area contributed by atoms with Crippen LogP contribution in [0.15, 0.2) is 36.4 Å². The molecule has 0 aromatic heterocycles. The van der Waals surface area contributed by atoms with Gasteiger partial charge in [0.25, 0.3) is 0 Å². The Bertz CT molecular complexity index is 440. The van der Waals surface area contributed by atoms with Gasteiger partial charge in [-0.1, -0.05) is 24.3 Å². The number of hydrogen-bond acceptors (Lipinski definition) is 2. The molecular weight excluding hydrogens is 224 g/mol. The number of anilines is 1. The first-order chi connectivity index (χ1) is 8.79. The molecule has 2 N–H and O–H groups in total. The molecule has 1 aromatic rings. The van der Waals surface area contributed by atoms with Crippen molar-refractivity contribution in [1.82, 2.24) is 5.32 Å². The fourth-order valence-corrected chi connectivity index (χ4v) is 2.24. The zero-order valence-corrected chi connectivity index (χ0v) is 10.8. The Morgan fingerprint density at radius 2 is 2.28 bits per heavy atom. The minimum atomic E-state index is 0.128. The number of benzene rings is 1. The van der Waals surface area contributed by atoms with E-state index >= 15 is 0 Å². The summed E-state index contributed by atoms with van der Waals surface area (Å²) in [6, 6.07) is 7.99. The maximum Gasteiger partial charge on any atom is 0.227 e. The van der Waals surface area contributed by atoms with E-state index in [2.05, 4.69) is 28.9 Å². The molecular formula is C15H20N2O. The fraction of sp³-hybridized carbons (Fsp3) is 0.400. The number of hydrogen-bond donors (Lipinski definition) is 2. The van der Waals surface area contributed by atoms with Crippen molar-refractivity contribution in [2.45, 2.75) is 25.8 Å². The summed E-state index contributed by atoms with van der Waals surface area (Å²) in [6.07, 6.45) is 7.08. The lowest BCUT2D eigenvalue weighted by Crippen LogP contribution is -2.23. The van der Waals surface area contributed by atoms with Gasteiger partial charge in [0.2, 0.25) is 5.91 Å². The van der Waals surface area contributed by atoms with Crippen LogP contribution in [0.1, 0.15) is 24.8 Å². The predicted molar refractivity (Wildman–Crippen MR) is 74.3 cm³/mol. The molecule has 1 aliphatic carbocycles. The topological polar surface area (TPSA) is 41.1 Å². The number of allylic oxidation sites excluding steroid dienone is 2. The second kappa shape index (κ2) is 6.36. The standard InChI is InChI=1S/C15H20N2O/c1-16-11-12-6-5-9-14(10-12)17-15(18)13-7-3-2-4-8-13/h2-3,5-6,9-10,13,16H,4,7-8,11H2,1H3,(H,17,18). The Morgan fingerprint density at radius 3 is 3.00 bits per heavy atom. The SMILES string of the molecule is CNCc1cccc(NC(=O)C2CC=CCC2)c1. The van der Waals surface area contributed by atoms with Crippen LogP contribution in [-0.4, -0.2) is 13.0 Å². The normalized spacial score (nSPS) is 18.6. The highest BCUT2D eigenvalue weighted by Crippen LogP contribution is 2.20. The molecule has 1 aromatic carbocycles. The van der Waals surface area contributed by atoms with Gasteiger partial charge in [-0.25, -0.2) is 0 Å². The molecule has 18 heavy (non-hydrogen) atoms. The molecule has 0 saturated heterocycles. The van der Waals surface area contributed by atoms with Crippen molar-refractivity contribution in [3.63, 3.8) is 0 Å². The number of carbonyl (C=O) groups excluding carboxylic acids is 1. The summed E-state index contributed by atoms with van der Waals surface area (Å²) in [5.41, 5.74) is 2.07. The second-order valence-corrected chi connectivity index (χ2v) is 4.70. The Hall–Kier alpha value is -1.61. The third-order valence-corrected chi connectivity index (χ3v) is 3.22. The first kappa shape index (κ1) is 12.8. The zero-order chi connectivity index (χ0) is 12.8. The van der Waals surface area contributed by atoms with Crippen molar-refractivity contribution in [1.29, 1.82) is 0 Å². The lowest BCUT2D eigenvalue weighted by atomic mass is 9.93. The maximum atomic E-state index is 12.1. The molecule has 96 valence electrons. The van der Waals surface area contributed by atoms with Gasteiger partial charge in [-0.2, -0.15) is 0 Å². The summed E-state index contributed by atoms with van der Waals surface area (Å²) in [5.74, 6) is 0.268. The van der Waals surface area contributed by atoms with Crippen LogP contribution in [0.3, 0.4) is 0 Å². The Morgan fingerprint density at radius 1 is 1.39 bits per heavy atom. The molecule has 1 amide bonds. The Kier molecular flexibility index (Phi) is 4.53. The highest BCUT2D eigenvalue weighted by atomic mass is 16.1. The molecule has 1 unspecified atom stereocenters. The average molecular weight is 244 g/mol. The van der Waals surface area contributed by atoms with Gasteiger partial charge in [-0.15, -0.1) is 0 Å². The summed E-state index contributed by atoms with van der Waals surface area (Å²) in [5, 5.41) is 6.12. The van der Waals surface area contributed by atoms with E-state index in [1.165, 1.54) is 5.56 Å². The van der Waals surface area contributed by atoms with E-state index in [0.717, 1.165) is 31.5 Å². The highest BCUT2D eigenvalue weighted by molar-refractivity contribution is 5.92. The summed E-state index contributed by atoms with van der Waals surface area (Å²) >= 11 is 0. The van der Waals surface area contributed by atoms with Crippen LogP contribution in [0, 0.1) is 5.92 Å². The van der Waals surface area contributed by atoms with E-state index in [-0.39, 0.29) is 11.8 Å². The Labute approximate surface area is 108 Å². The molecule has 0 radical (unpaired) electrons. The van der Waals surface area contributed by atoms with Crippen LogP contribution in [0.2, 0.25) is 0 Å². The lowest BCUT2D eigenvalue weighted by Gasteiger charge is -2.17. The smallest absolute Gasteiger partial charge is 0.227 e. The first-order valence-corrected chi connectivity index (χ1v) is 6.49. The summed E-state index contributed by atoms with van der Waals surface area (Å²) in [4.78, 5) is 12.1. The van der Waals surface area contributed by atoms with E-state index < -0.39 is 0 Å². The van der Waals surface area contributed by atoms with Gasteiger partial charge in [0.15, 0.2) is 0 Å². The summed E-state index contributed by atoms with van der Waals surface area (Å²) in [6.45, 7) is 0.815. The third kappa shape index (κ3) is 3.44.